The first kappa shape index (κ1) is 8.36. The highest BCUT2D eigenvalue weighted by molar-refractivity contribution is 5.84. The van der Waals surface area contributed by atoms with Crippen molar-refractivity contribution in [3.05, 3.63) is 35.0 Å². The van der Waals surface area contributed by atoms with E-state index in [1.165, 1.54) is 27.7 Å². The van der Waals surface area contributed by atoms with Crippen molar-refractivity contribution in [1.82, 2.24) is 4.98 Å². The van der Waals surface area contributed by atoms with Crippen molar-refractivity contribution >= 4 is 10.9 Å². The second kappa shape index (κ2) is 2.91. The molecule has 0 unspecified atom stereocenters. The maximum atomic E-state index is 3.38. The van der Waals surface area contributed by atoms with Crippen LogP contribution in [0.1, 0.15) is 23.7 Å². The quantitative estimate of drug-likeness (QED) is 0.680. The van der Waals surface area contributed by atoms with E-state index in [1.807, 2.05) is 0 Å². The van der Waals surface area contributed by atoms with Crippen LogP contribution in [0.15, 0.2) is 18.2 Å². The zero-order valence-corrected chi connectivity index (χ0v) is 8.44. The van der Waals surface area contributed by atoms with Gasteiger partial charge in [-0.15, -0.1) is 0 Å². The van der Waals surface area contributed by atoms with Crippen LogP contribution < -0.4 is 0 Å². The molecular weight excluding hydrogens is 158 g/mol. The average molecular weight is 173 g/mol. The maximum absolute atomic E-state index is 3.38. The van der Waals surface area contributed by atoms with Gasteiger partial charge >= 0.3 is 0 Å². The summed E-state index contributed by atoms with van der Waals surface area (Å²) in [6.45, 7) is 6.49. The molecule has 1 heteroatoms. The predicted octanol–water partition coefficient (Wildman–Crippen LogP) is 3.35. The van der Waals surface area contributed by atoms with E-state index in [0.29, 0.717) is 0 Å². The molecule has 1 N–H and O–H groups in total. The fraction of sp³-hybridized carbons (Fsp3) is 0.333. The van der Waals surface area contributed by atoms with E-state index in [0.717, 1.165) is 6.42 Å². The van der Waals surface area contributed by atoms with Gasteiger partial charge in [-0.3, -0.25) is 0 Å². The number of hydrogen-bond donors (Lipinski definition) is 1. The van der Waals surface area contributed by atoms with Crippen molar-refractivity contribution in [2.45, 2.75) is 27.2 Å². The molecule has 0 aliphatic carbocycles. The minimum Gasteiger partial charge on any atom is -0.358 e. The number of rotatable bonds is 1. The first-order chi connectivity index (χ1) is 6.22. The Labute approximate surface area is 78.8 Å². The second-order valence-electron chi connectivity index (χ2n) is 3.61. The Balaban J connectivity index is 2.75. The van der Waals surface area contributed by atoms with E-state index in [-0.39, 0.29) is 0 Å². The Morgan fingerprint density at radius 2 is 2.00 bits per heavy atom. The number of aromatic amines is 1. The molecule has 0 radical (unpaired) electrons. The normalized spacial score (nSPS) is 11.0. The van der Waals surface area contributed by atoms with E-state index in [9.17, 15) is 0 Å². The molecule has 0 saturated heterocycles. The molecule has 0 fully saturated rings. The topological polar surface area (TPSA) is 15.8 Å². The molecule has 0 aliphatic rings. The molecule has 68 valence electrons. The van der Waals surface area contributed by atoms with Crippen molar-refractivity contribution in [3.8, 4) is 0 Å². The number of benzene rings is 1. The van der Waals surface area contributed by atoms with Gasteiger partial charge in [-0.05, 0) is 43.5 Å². The molecule has 1 heterocycles. The van der Waals surface area contributed by atoms with Gasteiger partial charge in [-0.1, -0.05) is 13.0 Å². The largest absolute Gasteiger partial charge is 0.358 e. The first-order valence-electron chi connectivity index (χ1n) is 4.80. The van der Waals surface area contributed by atoms with Crippen LogP contribution in [-0.2, 0) is 6.42 Å². The molecule has 1 aromatic carbocycles. The summed E-state index contributed by atoms with van der Waals surface area (Å²) in [5.74, 6) is 0. The summed E-state index contributed by atoms with van der Waals surface area (Å²) in [7, 11) is 0. The van der Waals surface area contributed by atoms with E-state index < -0.39 is 0 Å². The number of hydrogen-bond acceptors (Lipinski definition) is 0. The highest BCUT2D eigenvalue weighted by Gasteiger charge is 2.03. The van der Waals surface area contributed by atoms with Gasteiger partial charge in [-0.25, -0.2) is 0 Å². The van der Waals surface area contributed by atoms with Gasteiger partial charge in [0.15, 0.2) is 0 Å². The van der Waals surface area contributed by atoms with Gasteiger partial charge in [0, 0.05) is 16.6 Å². The van der Waals surface area contributed by atoms with Crippen molar-refractivity contribution in [3.63, 3.8) is 0 Å². The van der Waals surface area contributed by atoms with Crippen LogP contribution in [0.2, 0.25) is 0 Å². The van der Waals surface area contributed by atoms with Crippen LogP contribution >= 0.6 is 0 Å². The Bertz CT molecular complexity index is 438. The van der Waals surface area contributed by atoms with Crippen LogP contribution in [0.3, 0.4) is 0 Å². The standard InChI is InChI=1S/C12H15N/c1-4-10-5-6-12-11(7-10)8(2)9(3)13-12/h5-7,13H,4H2,1-3H3. The van der Waals surface area contributed by atoms with Crippen molar-refractivity contribution in [1.29, 1.82) is 0 Å². The smallest absolute Gasteiger partial charge is 0.0458 e. The summed E-state index contributed by atoms with van der Waals surface area (Å²) >= 11 is 0. The highest BCUT2D eigenvalue weighted by Crippen LogP contribution is 2.22. The molecule has 2 rings (SSSR count). The molecule has 0 atom stereocenters. The maximum Gasteiger partial charge on any atom is 0.0458 e. The zero-order chi connectivity index (χ0) is 9.42. The van der Waals surface area contributed by atoms with Crippen molar-refractivity contribution in [2.75, 3.05) is 0 Å². The summed E-state index contributed by atoms with van der Waals surface area (Å²) in [5, 5.41) is 1.37. The van der Waals surface area contributed by atoms with E-state index in [2.05, 4.69) is 44.0 Å². The average Bonchev–Trinajstić information content (AvgIpc) is 2.43. The lowest BCUT2D eigenvalue weighted by Crippen LogP contribution is -1.78. The van der Waals surface area contributed by atoms with Gasteiger partial charge in [0.05, 0.1) is 0 Å². The SMILES string of the molecule is CCc1ccc2[nH]c(C)c(C)c2c1. The lowest BCUT2D eigenvalue weighted by Gasteiger charge is -1.96. The van der Waals surface area contributed by atoms with Gasteiger partial charge in [0.2, 0.25) is 0 Å². The fourth-order valence-electron chi connectivity index (χ4n) is 1.73. The van der Waals surface area contributed by atoms with Crippen LogP contribution in [0, 0.1) is 13.8 Å². The number of nitrogens with one attached hydrogen (secondary N) is 1. The lowest BCUT2D eigenvalue weighted by molar-refractivity contribution is 1.15. The molecule has 0 bridgehead atoms. The third-order valence-electron chi connectivity index (χ3n) is 2.78. The second-order valence-corrected chi connectivity index (χ2v) is 3.61. The molecular formula is C12H15N. The van der Waals surface area contributed by atoms with Gasteiger partial charge in [0.1, 0.15) is 0 Å². The monoisotopic (exact) mass is 173 g/mol. The van der Waals surface area contributed by atoms with Crippen molar-refractivity contribution < 1.29 is 0 Å². The summed E-state index contributed by atoms with van der Waals surface area (Å²) in [6, 6.07) is 6.65. The van der Waals surface area contributed by atoms with E-state index in [4.69, 9.17) is 0 Å². The van der Waals surface area contributed by atoms with Gasteiger partial charge in [-0.2, -0.15) is 0 Å². The lowest BCUT2D eigenvalue weighted by atomic mass is 10.1. The predicted molar refractivity (Wildman–Crippen MR) is 57.2 cm³/mol. The first-order valence-corrected chi connectivity index (χ1v) is 4.80. The molecule has 0 aliphatic heterocycles. The molecule has 0 saturated carbocycles. The zero-order valence-electron chi connectivity index (χ0n) is 8.44. The van der Waals surface area contributed by atoms with Crippen LogP contribution in [0.25, 0.3) is 10.9 Å². The van der Waals surface area contributed by atoms with E-state index in [1.54, 1.807) is 0 Å². The Morgan fingerprint density at radius 1 is 1.23 bits per heavy atom. The Kier molecular flexibility index (Phi) is 1.87. The van der Waals surface area contributed by atoms with Crippen LogP contribution in [-0.4, -0.2) is 4.98 Å². The van der Waals surface area contributed by atoms with Crippen LogP contribution in [0.4, 0.5) is 0 Å². The third kappa shape index (κ3) is 1.24. The highest BCUT2D eigenvalue weighted by atomic mass is 14.7. The molecule has 0 spiro atoms. The fourth-order valence-corrected chi connectivity index (χ4v) is 1.73. The third-order valence-corrected chi connectivity index (χ3v) is 2.78. The minimum atomic E-state index is 1.11. The Hall–Kier alpha value is -1.24. The molecule has 1 aromatic heterocycles. The summed E-state index contributed by atoms with van der Waals surface area (Å²) in [6.07, 6.45) is 1.11. The van der Waals surface area contributed by atoms with Crippen LogP contribution in [0.5, 0.6) is 0 Å². The van der Waals surface area contributed by atoms with Gasteiger partial charge in [0.25, 0.3) is 0 Å². The summed E-state index contributed by atoms with van der Waals surface area (Å²) in [4.78, 5) is 3.38. The molecule has 13 heavy (non-hydrogen) atoms. The summed E-state index contributed by atoms with van der Waals surface area (Å²) in [5.41, 5.74) is 5.33. The molecule has 2 aromatic rings. The number of H-pyrrole nitrogens is 1. The number of aromatic nitrogens is 1. The number of aryl methyl sites for hydroxylation is 3. The summed E-state index contributed by atoms with van der Waals surface area (Å²) < 4.78 is 0. The Morgan fingerprint density at radius 3 is 2.69 bits per heavy atom. The minimum absolute atomic E-state index is 1.11. The van der Waals surface area contributed by atoms with E-state index >= 15 is 0 Å². The molecule has 1 nitrogen and oxygen atoms in total. The van der Waals surface area contributed by atoms with Gasteiger partial charge < -0.3 is 4.98 Å². The molecule has 0 amide bonds. The number of fused-ring (bicyclic) bond motifs is 1. The van der Waals surface area contributed by atoms with Crippen molar-refractivity contribution in [2.24, 2.45) is 0 Å².